The van der Waals surface area contributed by atoms with Gasteiger partial charge in [-0.05, 0) is 61.4 Å². The van der Waals surface area contributed by atoms with Crippen molar-refractivity contribution >= 4 is 23.5 Å². The van der Waals surface area contributed by atoms with Crippen molar-refractivity contribution in [1.82, 2.24) is 0 Å². The highest BCUT2D eigenvalue weighted by Crippen LogP contribution is 2.34. The number of fused-ring (bicyclic) bond motifs is 1. The van der Waals surface area contributed by atoms with Crippen LogP contribution in [0.5, 0.6) is 11.5 Å². The summed E-state index contributed by atoms with van der Waals surface area (Å²) in [5.74, 6) is -1.38. The normalized spacial score (nSPS) is 12.8. The molecule has 0 saturated heterocycles. The Balaban J connectivity index is 1.69. The van der Waals surface area contributed by atoms with Gasteiger partial charge in [0.05, 0.1) is 22.8 Å². The number of amides is 2. The third kappa shape index (κ3) is 3.25. The molecule has 0 spiro atoms. The van der Waals surface area contributed by atoms with Gasteiger partial charge in [0, 0.05) is 0 Å². The first-order chi connectivity index (χ1) is 13.8. The molecule has 1 aliphatic rings. The molecule has 4 rings (SSSR count). The van der Waals surface area contributed by atoms with E-state index in [4.69, 9.17) is 4.74 Å². The van der Waals surface area contributed by atoms with E-state index in [9.17, 15) is 19.5 Å². The van der Waals surface area contributed by atoms with Gasteiger partial charge in [-0.15, -0.1) is 0 Å². The van der Waals surface area contributed by atoms with Crippen LogP contribution < -0.4 is 14.7 Å². The maximum atomic E-state index is 13.0. The number of ether oxygens (including phenoxy) is 1. The van der Waals surface area contributed by atoms with Crippen LogP contribution in [0.25, 0.3) is 0 Å². The first-order valence-corrected chi connectivity index (χ1v) is 8.94. The Hall–Kier alpha value is -3.93. The van der Waals surface area contributed by atoms with Crippen LogP contribution in [-0.2, 0) is 0 Å². The Labute approximate surface area is 167 Å². The summed E-state index contributed by atoms with van der Waals surface area (Å²) >= 11 is 0. The fourth-order valence-electron chi connectivity index (χ4n) is 3.22. The highest BCUT2D eigenvalue weighted by atomic mass is 16.5. The van der Waals surface area contributed by atoms with Crippen LogP contribution in [-0.4, -0.2) is 17.8 Å². The monoisotopic (exact) mass is 386 g/mol. The second kappa shape index (κ2) is 6.91. The van der Waals surface area contributed by atoms with Gasteiger partial charge < -0.3 is 14.6 Å². The summed E-state index contributed by atoms with van der Waals surface area (Å²) in [6.45, 7) is 3.67. The zero-order valence-electron chi connectivity index (χ0n) is 15.8. The van der Waals surface area contributed by atoms with Gasteiger partial charge in [0.1, 0.15) is 11.5 Å². The Bertz CT molecular complexity index is 1160. The number of hydrogen-bond donors (Lipinski definition) is 0. The molecule has 29 heavy (non-hydrogen) atoms. The van der Waals surface area contributed by atoms with Gasteiger partial charge in [-0.3, -0.25) is 9.59 Å². The summed E-state index contributed by atoms with van der Waals surface area (Å²) in [7, 11) is 0. The maximum Gasteiger partial charge on any atom is 0.266 e. The fourth-order valence-corrected chi connectivity index (χ4v) is 3.22. The lowest BCUT2D eigenvalue weighted by molar-refractivity contribution is -0.255. The molecule has 6 nitrogen and oxygen atoms in total. The van der Waals surface area contributed by atoms with Crippen molar-refractivity contribution in [3.05, 3.63) is 88.5 Å². The molecule has 144 valence electrons. The minimum absolute atomic E-state index is 0.106. The Kier molecular flexibility index (Phi) is 4.39. The number of imide groups is 1. The summed E-state index contributed by atoms with van der Waals surface area (Å²) in [5.41, 5.74) is 2.25. The minimum atomic E-state index is -1.38. The first-order valence-electron chi connectivity index (χ1n) is 8.94. The summed E-state index contributed by atoms with van der Waals surface area (Å²) in [4.78, 5) is 38.0. The van der Waals surface area contributed by atoms with E-state index in [1.54, 1.807) is 13.0 Å². The van der Waals surface area contributed by atoms with Gasteiger partial charge in [-0.2, -0.15) is 0 Å². The minimum Gasteiger partial charge on any atom is -0.545 e. The van der Waals surface area contributed by atoms with Crippen LogP contribution in [0.3, 0.4) is 0 Å². The van der Waals surface area contributed by atoms with Gasteiger partial charge in [0.25, 0.3) is 11.8 Å². The first kappa shape index (κ1) is 18.4. The maximum absolute atomic E-state index is 13.0. The molecular weight excluding hydrogens is 370 g/mol. The second-order valence-corrected chi connectivity index (χ2v) is 6.86. The van der Waals surface area contributed by atoms with E-state index in [2.05, 4.69) is 0 Å². The molecule has 0 fully saturated rings. The molecule has 0 aliphatic carbocycles. The average molecular weight is 386 g/mol. The molecule has 0 bridgehead atoms. The molecule has 0 saturated carbocycles. The number of benzene rings is 3. The smallest absolute Gasteiger partial charge is 0.266 e. The Morgan fingerprint density at radius 1 is 0.828 bits per heavy atom. The quantitative estimate of drug-likeness (QED) is 0.643. The number of rotatable bonds is 4. The van der Waals surface area contributed by atoms with Crippen molar-refractivity contribution in [3.8, 4) is 11.5 Å². The third-order valence-electron chi connectivity index (χ3n) is 4.80. The van der Waals surface area contributed by atoms with Crippen molar-refractivity contribution in [2.45, 2.75) is 13.8 Å². The van der Waals surface area contributed by atoms with E-state index >= 15 is 0 Å². The number of carboxylic acid groups (broad SMARTS) is 1. The Morgan fingerprint density at radius 2 is 1.48 bits per heavy atom. The van der Waals surface area contributed by atoms with Crippen LogP contribution >= 0.6 is 0 Å². The molecule has 1 aliphatic heterocycles. The molecule has 3 aromatic carbocycles. The van der Waals surface area contributed by atoms with Gasteiger partial charge in [-0.25, -0.2) is 4.90 Å². The van der Waals surface area contributed by atoms with Crippen molar-refractivity contribution in [2.75, 3.05) is 4.90 Å². The van der Waals surface area contributed by atoms with Crippen LogP contribution in [0, 0.1) is 13.8 Å². The van der Waals surface area contributed by atoms with Gasteiger partial charge in [0.2, 0.25) is 0 Å². The van der Waals surface area contributed by atoms with Gasteiger partial charge in [-0.1, -0.05) is 29.8 Å². The molecule has 1 heterocycles. The van der Waals surface area contributed by atoms with Crippen LogP contribution in [0.1, 0.15) is 42.2 Å². The number of carbonyl (C=O) groups is 3. The standard InChI is InChI=1S/C23H17NO5/c1-13-3-7-16(8-4-13)29-17-9-10-18-19(12-17)22(26)24(21(18)25)20-11-15(23(27)28)6-5-14(20)2/h3-12H,1-2H3,(H,27,28)/p-1. The van der Waals surface area contributed by atoms with E-state index in [1.165, 1.54) is 30.3 Å². The SMILES string of the molecule is Cc1ccc(Oc2ccc3c(c2)C(=O)N(c2cc(C(=O)[O-])ccc2C)C3=O)cc1. The average Bonchev–Trinajstić information content (AvgIpc) is 2.94. The van der Waals surface area contributed by atoms with Crippen molar-refractivity contribution in [2.24, 2.45) is 0 Å². The van der Waals surface area contributed by atoms with Crippen molar-refractivity contribution in [1.29, 1.82) is 0 Å². The van der Waals surface area contributed by atoms with Crippen LogP contribution in [0.2, 0.25) is 0 Å². The summed E-state index contributed by atoms with van der Waals surface area (Å²) in [6, 6.07) is 16.3. The highest BCUT2D eigenvalue weighted by molar-refractivity contribution is 6.34. The predicted octanol–water partition coefficient (Wildman–Crippen LogP) is 3.26. The van der Waals surface area contributed by atoms with E-state index in [1.807, 2.05) is 31.2 Å². The van der Waals surface area contributed by atoms with E-state index in [0.29, 0.717) is 17.1 Å². The highest BCUT2D eigenvalue weighted by Gasteiger charge is 2.37. The second-order valence-electron chi connectivity index (χ2n) is 6.86. The summed E-state index contributed by atoms with van der Waals surface area (Å²) < 4.78 is 5.79. The number of hydrogen-bond acceptors (Lipinski definition) is 5. The number of carboxylic acids is 1. The largest absolute Gasteiger partial charge is 0.545 e. The lowest BCUT2D eigenvalue weighted by Crippen LogP contribution is -2.31. The van der Waals surface area contributed by atoms with Crippen molar-refractivity contribution in [3.63, 3.8) is 0 Å². The molecule has 0 N–H and O–H groups in total. The van der Waals surface area contributed by atoms with Crippen molar-refractivity contribution < 1.29 is 24.2 Å². The molecule has 6 heteroatoms. The zero-order chi connectivity index (χ0) is 20.7. The van der Waals surface area contributed by atoms with Crippen LogP contribution in [0.4, 0.5) is 5.69 Å². The van der Waals surface area contributed by atoms with Crippen LogP contribution in [0.15, 0.2) is 60.7 Å². The number of anilines is 1. The number of nitrogens with zero attached hydrogens (tertiary/aromatic N) is 1. The Morgan fingerprint density at radius 3 is 2.17 bits per heavy atom. The molecule has 0 unspecified atom stereocenters. The zero-order valence-corrected chi connectivity index (χ0v) is 15.8. The summed E-state index contributed by atoms with van der Waals surface area (Å²) in [5, 5.41) is 11.2. The van der Waals surface area contributed by atoms with E-state index < -0.39 is 17.8 Å². The molecule has 0 radical (unpaired) electrons. The van der Waals surface area contributed by atoms with Gasteiger partial charge in [0.15, 0.2) is 0 Å². The molecule has 0 aromatic heterocycles. The number of aromatic carboxylic acids is 1. The van der Waals surface area contributed by atoms with E-state index in [0.717, 1.165) is 10.5 Å². The molecule has 3 aromatic rings. The molecular formula is C23H16NO5-. The third-order valence-corrected chi connectivity index (χ3v) is 4.80. The lowest BCUT2D eigenvalue weighted by atomic mass is 10.1. The lowest BCUT2D eigenvalue weighted by Gasteiger charge is -2.18. The fraction of sp³-hybridized carbons (Fsp3) is 0.0870. The molecule has 0 atom stereocenters. The molecule has 2 amide bonds. The number of aryl methyl sites for hydroxylation is 2. The topological polar surface area (TPSA) is 86.7 Å². The summed E-state index contributed by atoms with van der Waals surface area (Å²) in [6.07, 6.45) is 0. The number of carbonyl (C=O) groups excluding carboxylic acids is 3. The predicted molar refractivity (Wildman–Crippen MR) is 104 cm³/mol. The van der Waals surface area contributed by atoms with Gasteiger partial charge >= 0.3 is 0 Å². The van der Waals surface area contributed by atoms with E-state index in [-0.39, 0.29) is 22.4 Å².